The van der Waals surface area contributed by atoms with Crippen molar-refractivity contribution < 1.29 is 0 Å². The summed E-state index contributed by atoms with van der Waals surface area (Å²) in [7, 11) is 0. The summed E-state index contributed by atoms with van der Waals surface area (Å²) in [6.07, 6.45) is 0. The van der Waals surface area contributed by atoms with Crippen LogP contribution in [0.2, 0.25) is 0 Å². The summed E-state index contributed by atoms with van der Waals surface area (Å²) in [4.78, 5) is 0. The number of benzene rings is 5. The van der Waals surface area contributed by atoms with Gasteiger partial charge in [-0.15, -0.1) is 0 Å². The molecule has 0 fully saturated rings. The van der Waals surface area contributed by atoms with Gasteiger partial charge in [-0.05, 0) is 56.6 Å². The molecule has 0 aliphatic heterocycles. The Hall–Kier alpha value is -3.90. The van der Waals surface area contributed by atoms with Crippen molar-refractivity contribution in [2.45, 2.75) is 0 Å². The molecule has 5 aromatic carbocycles. The highest BCUT2D eigenvalue weighted by Gasteiger charge is 2.04. The summed E-state index contributed by atoms with van der Waals surface area (Å²) in [5.74, 6) is 0. The Labute approximate surface area is 178 Å². The van der Waals surface area contributed by atoms with Crippen LogP contribution in [0, 0.1) is 0 Å². The lowest BCUT2D eigenvalue weighted by Crippen LogP contribution is -1.83. The summed E-state index contributed by atoms with van der Waals surface area (Å²) in [6, 6.07) is 47.4. The van der Waals surface area contributed by atoms with E-state index in [4.69, 9.17) is 0 Å². The Morgan fingerprint density at radius 1 is 0.200 bits per heavy atom. The molecule has 0 spiro atoms. The normalized spacial score (nSPS) is 10.7. The van der Waals surface area contributed by atoms with E-state index in [1.54, 1.807) is 0 Å². The van der Waals surface area contributed by atoms with Crippen LogP contribution in [-0.2, 0) is 0 Å². The van der Waals surface area contributed by atoms with Gasteiger partial charge in [0.25, 0.3) is 0 Å². The molecule has 0 atom stereocenters. The summed E-state index contributed by atoms with van der Waals surface area (Å²) >= 11 is 0. The van der Waals surface area contributed by atoms with Gasteiger partial charge in [-0.2, -0.15) is 0 Å². The van der Waals surface area contributed by atoms with E-state index in [1.807, 2.05) is 0 Å². The van der Waals surface area contributed by atoms with Crippen molar-refractivity contribution in [3.05, 3.63) is 133 Å². The highest BCUT2D eigenvalue weighted by molar-refractivity contribution is 5.77. The Bertz CT molecular complexity index is 1150. The highest BCUT2D eigenvalue weighted by Crippen LogP contribution is 2.30. The van der Waals surface area contributed by atoms with Gasteiger partial charge in [0.2, 0.25) is 0 Å². The Morgan fingerprint density at radius 2 is 0.467 bits per heavy atom. The third-order valence-electron chi connectivity index (χ3n) is 5.49. The minimum Gasteiger partial charge on any atom is -0.0622 e. The van der Waals surface area contributed by atoms with E-state index in [2.05, 4.69) is 133 Å². The molecule has 0 bridgehead atoms. The summed E-state index contributed by atoms with van der Waals surface area (Å²) in [6.45, 7) is 0. The predicted octanol–water partition coefficient (Wildman–Crippen LogP) is 8.35. The Balaban J connectivity index is 1.44. The monoisotopic (exact) mass is 382 g/mol. The van der Waals surface area contributed by atoms with Crippen LogP contribution in [0.3, 0.4) is 0 Å². The fraction of sp³-hybridized carbons (Fsp3) is 0. The Morgan fingerprint density at radius 3 is 0.800 bits per heavy atom. The van der Waals surface area contributed by atoms with E-state index in [0.717, 1.165) is 0 Å². The zero-order valence-corrected chi connectivity index (χ0v) is 16.7. The second-order valence-electron chi connectivity index (χ2n) is 7.47. The molecule has 0 saturated carbocycles. The molecule has 0 saturated heterocycles. The van der Waals surface area contributed by atoms with Crippen molar-refractivity contribution in [3.8, 4) is 44.5 Å². The van der Waals surface area contributed by atoms with Crippen LogP contribution in [0.25, 0.3) is 44.5 Å². The fourth-order valence-electron chi connectivity index (χ4n) is 3.87. The van der Waals surface area contributed by atoms with Crippen molar-refractivity contribution in [2.75, 3.05) is 0 Å². The molecule has 5 rings (SSSR count). The van der Waals surface area contributed by atoms with E-state index in [9.17, 15) is 0 Å². The van der Waals surface area contributed by atoms with E-state index in [0.29, 0.717) is 0 Å². The van der Waals surface area contributed by atoms with E-state index in [1.165, 1.54) is 44.5 Å². The first-order valence-electron chi connectivity index (χ1n) is 10.3. The minimum atomic E-state index is 1.23. The quantitative estimate of drug-likeness (QED) is 0.293. The van der Waals surface area contributed by atoms with Crippen molar-refractivity contribution in [1.82, 2.24) is 0 Å². The first-order chi connectivity index (χ1) is 14.9. The maximum Gasteiger partial charge on any atom is -0.0178 e. The van der Waals surface area contributed by atoms with Crippen LogP contribution in [-0.4, -0.2) is 0 Å². The smallest absolute Gasteiger partial charge is 0.0178 e. The number of rotatable bonds is 4. The van der Waals surface area contributed by atoms with Gasteiger partial charge in [-0.1, -0.05) is 121 Å². The van der Waals surface area contributed by atoms with Gasteiger partial charge in [0, 0.05) is 0 Å². The first kappa shape index (κ1) is 18.1. The molecule has 142 valence electrons. The Kier molecular flexibility index (Phi) is 4.98. The number of hydrogen-bond donors (Lipinski definition) is 0. The maximum atomic E-state index is 2.26. The molecule has 0 aliphatic carbocycles. The van der Waals surface area contributed by atoms with Crippen LogP contribution in [0.4, 0.5) is 0 Å². The van der Waals surface area contributed by atoms with Crippen LogP contribution in [0.1, 0.15) is 0 Å². The second kappa shape index (κ2) is 8.23. The SMILES string of the molecule is c1ccc(-c2cccc(-c3ccc(-c4cccc(-c5ccccc5)c4)cc3)c2)cc1. The molecule has 5 aromatic rings. The van der Waals surface area contributed by atoms with Gasteiger partial charge >= 0.3 is 0 Å². The summed E-state index contributed by atoms with van der Waals surface area (Å²) < 4.78 is 0. The van der Waals surface area contributed by atoms with Crippen molar-refractivity contribution in [3.63, 3.8) is 0 Å². The van der Waals surface area contributed by atoms with E-state index in [-0.39, 0.29) is 0 Å². The van der Waals surface area contributed by atoms with Crippen LogP contribution in [0.15, 0.2) is 133 Å². The molecule has 0 N–H and O–H groups in total. The van der Waals surface area contributed by atoms with Gasteiger partial charge in [-0.3, -0.25) is 0 Å². The molecule has 0 heterocycles. The minimum absolute atomic E-state index is 1.23. The fourth-order valence-corrected chi connectivity index (χ4v) is 3.87. The third-order valence-corrected chi connectivity index (χ3v) is 5.49. The van der Waals surface area contributed by atoms with Crippen LogP contribution in [0.5, 0.6) is 0 Å². The predicted molar refractivity (Wildman–Crippen MR) is 128 cm³/mol. The van der Waals surface area contributed by atoms with Gasteiger partial charge in [0.1, 0.15) is 0 Å². The zero-order chi connectivity index (χ0) is 20.2. The number of hydrogen-bond acceptors (Lipinski definition) is 0. The zero-order valence-electron chi connectivity index (χ0n) is 16.7. The van der Waals surface area contributed by atoms with Crippen molar-refractivity contribution in [1.29, 1.82) is 0 Å². The average molecular weight is 383 g/mol. The lowest BCUT2D eigenvalue weighted by molar-refractivity contribution is 1.57. The average Bonchev–Trinajstić information content (AvgIpc) is 2.85. The lowest BCUT2D eigenvalue weighted by Gasteiger charge is -2.09. The van der Waals surface area contributed by atoms with E-state index >= 15 is 0 Å². The topological polar surface area (TPSA) is 0 Å². The van der Waals surface area contributed by atoms with Crippen LogP contribution >= 0.6 is 0 Å². The second-order valence-corrected chi connectivity index (χ2v) is 7.47. The van der Waals surface area contributed by atoms with Gasteiger partial charge < -0.3 is 0 Å². The lowest BCUT2D eigenvalue weighted by atomic mass is 9.96. The summed E-state index contributed by atoms with van der Waals surface area (Å²) in [5.41, 5.74) is 9.91. The molecular formula is C30H22. The molecule has 0 nitrogen and oxygen atoms in total. The van der Waals surface area contributed by atoms with E-state index < -0.39 is 0 Å². The third kappa shape index (κ3) is 3.81. The first-order valence-corrected chi connectivity index (χ1v) is 10.3. The molecule has 30 heavy (non-hydrogen) atoms. The van der Waals surface area contributed by atoms with Gasteiger partial charge in [0.05, 0.1) is 0 Å². The molecule has 0 aliphatic rings. The van der Waals surface area contributed by atoms with Crippen molar-refractivity contribution in [2.24, 2.45) is 0 Å². The molecule has 0 amide bonds. The highest BCUT2D eigenvalue weighted by atomic mass is 14.1. The van der Waals surface area contributed by atoms with Crippen LogP contribution < -0.4 is 0 Å². The van der Waals surface area contributed by atoms with Gasteiger partial charge in [-0.25, -0.2) is 0 Å². The maximum absolute atomic E-state index is 2.26. The molecule has 0 heteroatoms. The van der Waals surface area contributed by atoms with Crippen molar-refractivity contribution >= 4 is 0 Å². The molecular weight excluding hydrogens is 360 g/mol. The summed E-state index contributed by atoms with van der Waals surface area (Å²) in [5, 5.41) is 0. The largest absolute Gasteiger partial charge is 0.0622 e. The molecule has 0 unspecified atom stereocenters. The molecule has 0 radical (unpaired) electrons. The van der Waals surface area contributed by atoms with Gasteiger partial charge in [0.15, 0.2) is 0 Å². The molecule has 0 aromatic heterocycles. The standard InChI is InChI=1S/C30H22/c1-3-9-23(10-4-1)27-13-7-15-29(21-27)25-17-19-26(20-18-25)30-16-8-14-28(22-30)24-11-5-2-6-12-24/h1-22H.